The van der Waals surface area contributed by atoms with E-state index in [1.165, 1.54) is 308 Å². The number of rotatable bonds is 75. The van der Waals surface area contributed by atoms with Gasteiger partial charge in [0, 0.05) is 12.8 Å². The van der Waals surface area contributed by atoms with Crippen molar-refractivity contribution in [2.45, 2.75) is 405 Å². The van der Waals surface area contributed by atoms with Gasteiger partial charge in [-0.1, -0.05) is 370 Å². The summed E-state index contributed by atoms with van der Waals surface area (Å²) in [6.45, 7) is 4.20. The minimum atomic E-state index is -4.64. The van der Waals surface area contributed by atoms with E-state index >= 15 is 0 Å². The fourth-order valence-electron chi connectivity index (χ4n) is 11.9. The molecule has 0 spiro atoms. The van der Waals surface area contributed by atoms with Crippen molar-refractivity contribution in [2.75, 3.05) is 47.5 Å². The first-order chi connectivity index (χ1) is 45.0. The minimum absolute atomic E-state index is 0.0282. The Kier molecular flexibility index (Phi) is 71.2. The fourth-order valence-corrected chi connectivity index (χ4v) is 12.7. The number of unbranched alkanes of at least 4 members (excludes halogenated alkanes) is 51. The van der Waals surface area contributed by atoms with Gasteiger partial charge in [0.25, 0.3) is 7.82 Å². The SMILES string of the molecule is CC/C=C\C/C=C\C/C=C\C/C=C\CCCCCCCCCCCCCCCCCCCCCCCCCCC(=O)OC(COC(=O)CCCCCCCCCCCCCCCCCCCCC/C=C\CCCCCCCCCC)COP(=O)([O-])OCC[N+](C)(C)C. The first kappa shape index (κ1) is 89.7. The van der Waals surface area contributed by atoms with Crippen LogP contribution in [0.5, 0.6) is 0 Å². The number of hydrogen-bond donors (Lipinski definition) is 0. The molecule has 2 atom stereocenters. The third-order valence-electron chi connectivity index (χ3n) is 18.0. The third-order valence-corrected chi connectivity index (χ3v) is 19.0. The summed E-state index contributed by atoms with van der Waals surface area (Å²) in [6.07, 6.45) is 97.8. The molecular formula is C82H154NO8P. The second-order valence-corrected chi connectivity index (χ2v) is 29.8. The van der Waals surface area contributed by atoms with Gasteiger partial charge < -0.3 is 27.9 Å². The highest BCUT2D eigenvalue weighted by molar-refractivity contribution is 7.45. The van der Waals surface area contributed by atoms with Gasteiger partial charge in [-0.3, -0.25) is 14.2 Å². The molecule has 0 aliphatic rings. The van der Waals surface area contributed by atoms with E-state index in [9.17, 15) is 19.0 Å². The average molecular weight is 1310 g/mol. The van der Waals surface area contributed by atoms with Gasteiger partial charge in [-0.05, 0) is 77.0 Å². The molecule has 2 unspecified atom stereocenters. The summed E-state index contributed by atoms with van der Waals surface area (Å²) in [5.74, 6) is -0.809. The van der Waals surface area contributed by atoms with Crippen molar-refractivity contribution < 1.29 is 42.1 Å². The van der Waals surface area contributed by atoms with E-state index in [1.807, 2.05) is 21.1 Å². The van der Waals surface area contributed by atoms with Crippen molar-refractivity contribution >= 4 is 19.8 Å². The normalized spacial score (nSPS) is 13.3. The molecule has 540 valence electrons. The number of carbonyl (C=O) groups excluding carboxylic acids is 2. The lowest BCUT2D eigenvalue weighted by Crippen LogP contribution is -2.37. The van der Waals surface area contributed by atoms with Crippen molar-refractivity contribution in [3.05, 3.63) is 60.8 Å². The van der Waals surface area contributed by atoms with E-state index in [0.29, 0.717) is 17.4 Å². The summed E-state index contributed by atoms with van der Waals surface area (Å²) in [5.41, 5.74) is 0. The largest absolute Gasteiger partial charge is 0.756 e. The zero-order chi connectivity index (χ0) is 66.9. The van der Waals surface area contributed by atoms with Crippen LogP contribution in [0.25, 0.3) is 0 Å². The van der Waals surface area contributed by atoms with E-state index in [0.717, 1.165) is 57.8 Å². The van der Waals surface area contributed by atoms with Crippen molar-refractivity contribution in [1.29, 1.82) is 0 Å². The van der Waals surface area contributed by atoms with Crippen molar-refractivity contribution in [2.24, 2.45) is 0 Å². The highest BCUT2D eigenvalue weighted by Gasteiger charge is 2.22. The topological polar surface area (TPSA) is 111 Å². The molecule has 0 amide bonds. The van der Waals surface area contributed by atoms with Crippen LogP contribution in [-0.2, 0) is 32.7 Å². The van der Waals surface area contributed by atoms with Crippen molar-refractivity contribution in [1.82, 2.24) is 0 Å². The van der Waals surface area contributed by atoms with Crippen LogP contribution in [0.4, 0.5) is 0 Å². The van der Waals surface area contributed by atoms with Crippen molar-refractivity contribution in [3.63, 3.8) is 0 Å². The van der Waals surface area contributed by atoms with Crippen LogP contribution in [0.15, 0.2) is 60.8 Å². The Hall–Kier alpha value is -2.29. The number of phosphoric acid groups is 1. The maximum Gasteiger partial charge on any atom is 0.306 e. The summed E-state index contributed by atoms with van der Waals surface area (Å²) in [6, 6.07) is 0. The molecule has 0 fully saturated rings. The van der Waals surface area contributed by atoms with Gasteiger partial charge >= 0.3 is 11.9 Å². The first-order valence-corrected chi connectivity index (χ1v) is 41.5. The monoisotopic (exact) mass is 1310 g/mol. The molecule has 92 heavy (non-hydrogen) atoms. The molecule has 0 bridgehead atoms. The predicted octanol–water partition coefficient (Wildman–Crippen LogP) is 25.9. The van der Waals surface area contributed by atoms with E-state index in [4.69, 9.17) is 18.5 Å². The van der Waals surface area contributed by atoms with E-state index in [2.05, 4.69) is 74.6 Å². The van der Waals surface area contributed by atoms with Crippen molar-refractivity contribution in [3.8, 4) is 0 Å². The van der Waals surface area contributed by atoms with Gasteiger partial charge in [0.2, 0.25) is 0 Å². The van der Waals surface area contributed by atoms with Gasteiger partial charge in [0.15, 0.2) is 6.10 Å². The summed E-state index contributed by atoms with van der Waals surface area (Å²) in [5, 5.41) is 0. The number of quaternary nitrogens is 1. The molecule has 0 aliphatic carbocycles. The lowest BCUT2D eigenvalue weighted by molar-refractivity contribution is -0.870. The molecule has 0 N–H and O–H groups in total. The molecule has 0 aromatic rings. The number of phosphoric ester groups is 1. The highest BCUT2D eigenvalue weighted by atomic mass is 31.2. The second-order valence-electron chi connectivity index (χ2n) is 28.4. The van der Waals surface area contributed by atoms with E-state index in [-0.39, 0.29) is 32.0 Å². The Bertz CT molecular complexity index is 1740. The summed E-state index contributed by atoms with van der Waals surface area (Å²) in [7, 11) is 1.19. The molecule has 10 heteroatoms. The van der Waals surface area contributed by atoms with Crippen LogP contribution in [0.3, 0.4) is 0 Å². The summed E-state index contributed by atoms with van der Waals surface area (Å²) >= 11 is 0. The van der Waals surface area contributed by atoms with Gasteiger partial charge in [0.1, 0.15) is 19.8 Å². The van der Waals surface area contributed by atoms with Crippen LogP contribution in [0, 0.1) is 0 Å². The highest BCUT2D eigenvalue weighted by Crippen LogP contribution is 2.38. The average Bonchev–Trinajstić information content (AvgIpc) is 2.34. The Labute approximate surface area is 572 Å². The van der Waals surface area contributed by atoms with Crippen LogP contribution >= 0.6 is 7.82 Å². The first-order valence-electron chi connectivity index (χ1n) is 40.0. The molecule has 0 aromatic carbocycles. The molecular weight excluding hydrogens is 1160 g/mol. The standard InChI is InChI=1S/C82H154NO8P/c1-6-8-10-12-14-16-18-20-22-24-26-28-30-32-34-36-38-39-40-41-42-43-45-47-49-51-53-55-57-59-61-63-65-67-69-71-73-75-82(85)91-80(79-90-92(86,87)89-77-76-83(3,4)5)78-88-81(84)74-72-70-68-66-64-62-60-58-56-54-52-50-48-46-44-37-35-33-31-29-27-25-23-21-19-17-15-13-11-9-7-2/h8,10,14,16,20,22,25-28,80H,6-7,9,11-13,15,17-19,21,23-24,29-79H2,1-5H3/b10-8-,16-14-,22-20-,27-25-,28-26-. The number of allylic oxidation sites excluding steroid dienone is 10. The molecule has 0 heterocycles. The molecule has 0 aliphatic heterocycles. The molecule has 0 saturated heterocycles. The van der Waals surface area contributed by atoms with Gasteiger partial charge in [-0.2, -0.15) is 0 Å². The van der Waals surface area contributed by atoms with Crippen LogP contribution < -0.4 is 4.89 Å². The lowest BCUT2D eigenvalue weighted by Gasteiger charge is -2.28. The quantitative estimate of drug-likeness (QED) is 0.0195. The molecule has 0 rings (SSSR count). The van der Waals surface area contributed by atoms with Gasteiger partial charge in [0.05, 0.1) is 27.7 Å². The number of carbonyl (C=O) groups is 2. The second kappa shape index (κ2) is 73.0. The number of nitrogens with zero attached hydrogens (tertiary/aromatic N) is 1. The van der Waals surface area contributed by atoms with E-state index < -0.39 is 26.5 Å². The molecule has 0 radical (unpaired) electrons. The molecule has 0 aromatic heterocycles. The number of likely N-dealkylation sites (N-methyl/N-ethyl adjacent to an activating group) is 1. The third kappa shape index (κ3) is 76.7. The van der Waals surface area contributed by atoms with Crippen LogP contribution in [-0.4, -0.2) is 70.0 Å². The predicted molar refractivity (Wildman–Crippen MR) is 397 cm³/mol. The maximum absolute atomic E-state index is 12.9. The summed E-state index contributed by atoms with van der Waals surface area (Å²) in [4.78, 5) is 38.2. The zero-order valence-electron chi connectivity index (χ0n) is 61.8. The number of ether oxygens (including phenoxy) is 2. The number of hydrogen-bond acceptors (Lipinski definition) is 8. The van der Waals surface area contributed by atoms with Crippen LogP contribution in [0.1, 0.15) is 399 Å². The lowest BCUT2D eigenvalue weighted by atomic mass is 10.0. The smallest absolute Gasteiger partial charge is 0.306 e. The van der Waals surface area contributed by atoms with Gasteiger partial charge in [-0.25, -0.2) is 0 Å². The van der Waals surface area contributed by atoms with Gasteiger partial charge in [-0.15, -0.1) is 0 Å². The Morgan fingerprint density at radius 3 is 0.935 bits per heavy atom. The Morgan fingerprint density at radius 2 is 0.620 bits per heavy atom. The minimum Gasteiger partial charge on any atom is -0.756 e. The fraction of sp³-hybridized carbons (Fsp3) is 0.854. The number of esters is 2. The van der Waals surface area contributed by atoms with E-state index in [1.54, 1.807) is 0 Å². The summed E-state index contributed by atoms with van der Waals surface area (Å²) < 4.78 is 34.4. The van der Waals surface area contributed by atoms with Crippen LogP contribution in [0.2, 0.25) is 0 Å². The zero-order valence-corrected chi connectivity index (χ0v) is 62.7. The molecule has 0 saturated carbocycles. The molecule has 9 nitrogen and oxygen atoms in total. The Balaban J connectivity index is 3.91. The maximum atomic E-state index is 12.9. The Morgan fingerprint density at radius 1 is 0.348 bits per heavy atom.